The maximum Gasteiger partial charge on any atom is 0.127 e. The molecule has 0 atom stereocenters. The molecule has 112 valence electrons. The van der Waals surface area contributed by atoms with E-state index in [1.165, 1.54) is 28.1 Å². The monoisotopic (exact) mass is 311 g/mol. The van der Waals surface area contributed by atoms with E-state index in [-0.39, 0.29) is 5.82 Å². The standard InChI is InChI=1S/C19H18FNS/c1-12-8-14(3)19-16(9-12)13(2)10-18(21-19)22-11-15-6-4-5-7-17(15)20/h4-10H,11H2,1-3H3. The maximum absolute atomic E-state index is 13.7. The number of fused-ring (bicyclic) bond motifs is 1. The summed E-state index contributed by atoms with van der Waals surface area (Å²) in [7, 11) is 0. The van der Waals surface area contributed by atoms with Crippen LogP contribution in [0.25, 0.3) is 10.9 Å². The highest BCUT2D eigenvalue weighted by Gasteiger charge is 2.08. The molecule has 0 aliphatic heterocycles. The van der Waals surface area contributed by atoms with Crippen molar-refractivity contribution in [2.24, 2.45) is 0 Å². The van der Waals surface area contributed by atoms with Crippen molar-refractivity contribution in [2.45, 2.75) is 31.6 Å². The average molecular weight is 311 g/mol. The first kappa shape index (κ1) is 15.0. The number of thioether (sulfide) groups is 1. The summed E-state index contributed by atoms with van der Waals surface area (Å²) in [6.45, 7) is 6.30. The van der Waals surface area contributed by atoms with E-state index in [9.17, 15) is 4.39 Å². The van der Waals surface area contributed by atoms with Crippen LogP contribution < -0.4 is 0 Å². The molecule has 0 saturated heterocycles. The van der Waals surface area contributed by atoms with Crippen LogP contribution in [-0.2, 0) is 5.75 Å². The van der Waals surface area contributed by atoms with Gasteiger partial charge in [0, 0.05) is 11.1 Å². The van der Waals surface area contributed by atoms with Crippen molar-refractivity contribution in [3.8, 4) is 0 Å². The fourth-order valence-corrected chi connectivity index (χ4v) is 3.61. The summed E-state index contributed by atoms with van der Waals surface area (Å²) in [4.78, 5) is 4.76. The van der Waals surface area contributed by atoms with Crippen LogP contribution in [0.15, 0.2) is 47.5 Å². The Labute approximate surface area is 134 Å². The van der Waals surface area contributed by atoms with Gasteiger partial charge in [-0.15, -0.1) is 11.8 Å². The van der Waals surface area contributed by atoms with Crippen molar-refractivity contribution in [2.75, 3.05) is 0 Å². The van der Waals surface area contributed by atoms with Crippen LogP contribution in [0.1, 0.15) is 22.3 Å². The van der Waals surface area contributed by atoms with Crippen molar-refractivity contribution in [1.82, 2.24) is 4.98 Å². The number of benzene rings is 2. The zero-order chi connectivity index (χ0) is 15.7. The zero-order valence-corrected chi connectivity index (χ0v) is 13.8. The van der Waals surface area contributed by atoms with E-state index in [0.717, 1.165) is 10.5 Å². The third-order valence-electron chi connectivity index (χ3n) is 3.77. The summed E-state index contributed by atoms with van der Waals surface area (Å²) < 4.78 is 13.7. The molecular weight excluding hydrogens is 293 g/mol. The molecule has 3 rings (SSSR count). The smallest absolute Gasteiger partial charge is 0.127 e. The molecule has 0 amide bonds. The van der Waals surface area contributed by atoms with Crippen molar-refractivity contribution in [3.05, 3.63) is 70.5 Å². The lowest BCUT2D eigenvalue weighted by molar-refractivity contribution is 0.617. The minimum Gasteiger partial charge on any atom is -0.241 e. The van der Waals surface area contributed by atoms with Crippen molar-refractivity contribution in [1.29, 1.82) is 0 Å². The minimum absolute atomic E-state index is 0.153. The van der Waals surface area contributed by atoms with Gasteiger partial charge in [0.2, 0.25) is 0 Å². The van der Waals surface area contributed by atoms with Crippen LogP contribution in [0.5, 0.6) is 0 Å². The summed E-state index contributed by atoms with van der Waals surface area (Å²) in [5.74, 6) is 0.439. The summed E-state index contributed by atoms with van der Waals surface area (Å²) in [6, 6.07) is 13.3. The van der Waals surface area contributed by atoms with E-state index in [1.807, 2.05) is 12.1 Å². The molecule has 0 radical (unpaired) electrons. The zero-order valence-electron chi connectivity index (χ0n) is 13.0. The number of pyridine rings is 1. The summed E-state index contributed by atoms with van der Waals surface area (Å²) in [6.07, 6.45) is 0. The Morgan fingerprint density at radius 3 is 2.55 bits per heavy atom. The first-order valence-electron chi connectivity index (χ1n) is 7.29. The van der Waals surface area contributed by atoms with Crippen molar-refractivity contribution >= 4 is 22.7 Å². The fourth-order valence-electron chi connectivity index (χ4n) is 2.66. The second-order valence-electron chi connectivity index (χ2n) is 5.64. The highest BCUT2D eigenvalue weighted by Crippen LogP contribution is 2.29. The van der Waals surface area contributed by atoms with Gasteiger partial charge in [-0.25, -0.2) is 9.37 Å². The summed E-state index contributed by atoms with van der Waals surface area (Å²) >= 11 is 1.58. The van der Waals surface area contributed by atoms with E-state index >= 15 is 0 Å². The molecule has 0 saturated carbocycles. The molecule has 0 aliphatic rings. The van der Waals surface area contributed by atoms with Crippen molar-refractivity contribution < 1.29 is 4.39 Å². The topological polar surface area (TPSA) is 12.9 Å². The molecular formula is C19H18FNS. The van der Waals surface area contributed by atoms with Crippen LogP contribution in [0.2, 0.25) is 0 Å². The Morgan fingerprint density at radius 2 is 1.77 bits per heavy atom. The van der Waals surface area contributed by atoms with Gasteiger partial charge in [-0.3, -0.25) is 0 Å². The van der Waals surface area contributed by atoms with Gasteiger partial charge in [0.25, 0.3) is 0 Å². The molecule has 1 aromatic heterocycles. The Kier molecular flexibility index (Phi) is 4.16. The van der Waals surface area contributed by atoms with E-state index in [1.54, 1.807) is 17.8 Å². The molecule has 0 fully saturated rings. The molecule has 1 heterocycles. The second kappa shape index (κ2) is 6.09. The van der Waals surface area contributed by atoms with Gasteiger partial charge in [0.1, 0.15) is 5.82 Å². The van der Waals surface area contributed by atoms with Crippen LogP contribution in [-0.4, -0.2) is 4.98 Å². The lowest BCUT2D eigenvalue weighted by atomic mass is 10.0. The number of nitrogens with zero attached hydrogens (tertiary/aromatic N) is 1. The van der Waals surface area contributed by atoms with E-state index < -0.39 is 0 Å². The first-order valence-corrected chi connectivity index (χ1v) is 8.28. The molecule has 0 aliphatic carbocycles. The van der Waals surface area contributed by atoms with Gasteiger partial charge in [-0.2, -0.15) is 0 Å². The normalized spacial score (nSPS) is 11.1. The van der Waals surface area contributed by atoms with Crippen LogP contribution in [0, 0.1) is 26.6 Å². The second-order valence-corrected chi connectivity index (χ2v) is 6.63. The van der Waals surface area contributed by atoms with Crippen LogP contribution in [0.3, 0.4) is 0 Å². The minimum atomic E-state index is -0.153. The van der Waals surface area contributed by atoms with Gasteiger partial charge in [-0.1, -0.05) is 29.8 Å². The Balaban J connectivity index is 1.94. The predicted octanol–water partition coefficient (Wildman–Crippen LogP) is 5.59. The molecule has 3 heteroatoms. The fraction of sp³-hybridized carbons (Fsp3) is 0.211. The van der Waals surface area contributed by atoms with Gasteiger partial charge < -0.3 is 0 Å². The predicted molar refractivity (Wildman–Crippen MR) is 91.9 cm³/mol. The number of halogens is 1. The molecule has 0 bridgehead atoms. The highest BCUT2D eigenvalue weighted by atomic mass is 32.2. The Hall–Kier alpha value is -1.87. The lowest BCUT2D eigenvalue weighted by Gasteiger charge is -2.10. The quantitative estimate of drug-likeness (QED) is 0.585. The molecule has 2 aromatic carbocycles. The number of aromatic nitrogens is 1. The van der Waals surface area contributed by atoms with Gasteiger partial charge in [-0.05, 0) is 55.7 Å². The van der Waals surface area contributed by atoms with E-state index in [0.29, 0.717) is 11.3 Å². The molecule has 0 N–H and O–H groups in total. The summed E-state index contributed by atoms with van der Waals surface area (Å²) in [5.41, 5.74) is 5.41. The first-order chi connectivity index (χ1) is 10.5. The van der Waals surface area contributed by atoms with E-state index in [4.69, 9.17) is 4.98 Å². The SMILES string of the molecule is Cc1cc(C)c2nc(SCc3ccccc3F)cc(C)c2c1. The number of aryl methyl sites for hydroxylation is 3. The lowest BCUT2D eigenvalue weighted by Crippen LogP contribution is -1.92. The average Bonchev–Trinajstić information content (AvgIpc) is 2.48. The number of hydrogen-bond donors (Lipinski definition) is 0. The Morgan fingerprint density at radius 1 is 1.00 bits per heavy atom. The van der Waals surface area contributed by atoms with Gasteiger partial charge >= 0.3 is 0 Å². The van der Waals surface area contributed by atoms with Crippen LogP contribution >= 0.6 is 11.8 Å². The molecule has 22 heavy (non-hydrogen) atoms. The molecule has 3 aromatic rings. The maximum atomic E-state index is 13.7. The highest BCUT2D eigenvalue weighted by molar-refractivity contribution is 7.98. The third kappa shape index (κ3) is 3.00. The third-order valence-corrected chi connectivity index (χ3v) is 4.73. The Bertz CT molecular complexity index is 842. The van der Waals surface area contributed by atoms with Crippen LogP contribution in [0.4, 0.5) is 4.39 Å². The summed E-state index contributed by atoms with van der Waals surface area (Å²) in [5, 5.41) is 2.15. The van der Waals surface area contributed by atoms with Gasteiger partial charge in [0.05, 0.1) is 10.5 Å². The van der Waals surface area contributed by atoms with E-state index in [2.05, 4.69) is 39.0 Å². The van der Waals surface area contributed by atoms with Crippen molar-refractivity contribution in [3.63, 3.8) is 0 Å². The van der Waals surface area contributed by atoms with Gasteiger partial charge in [0.15, 0.2) is 0 Å². The molecule has 1 nitrogen and oxygen atoms in total. The number of hydrogen-bond acceptors (Lipinski definition) is 2. The largest absolute Gasteiger partial charge is 0.241 e. The number of rotatable bonds is 3. The molecule has 0 spiro atoms. The molecule has 0 unspecified atom stereocenters.